The molecule has 30 heavy (non-hydrogen) atoms. The zero-order valence-corrected chi connectivity index (χ0v) is 16.2. The van der Waals surface area contributed by atoms with Crippen LogP contribution in [0, 0.1) is 16.0 Å². The Morgan fingerprint density at radius 2 is 1.83 bits per heavy atom. The first-order chi connectivity index (χ1) is 14.5. The first-order valence-electron chi connectivity index (χ1n) is 9.78. The van der Waals surface area contributed by atoms with Crippen molar-refractivity contribution in [1.82, 2.24) is 14.3 Å². The summed E-state index contributed by atoms with van der Waals surface area (Å²) in [6.45, 7) is 1.69. The third kappa shape index (κ3) is 3.86. The largest absolute Gasteiger partial charge is 0.376 e. The van der Waals surface area contributed by atoms with Gasteiger partial charge in [-0.15, -0.1) is 0 Å². The van der Waals surface area contributed by atoms with E-state index in [0.717, 1.165) is 17.2 Å². The molecule has 1 N–H and O–H groups in total. The van der Waals surface area contributed by atoms with E-state index in [4.69, 9.17) is 0 Å². The standard InChI is InChI=1S/C21H21N5O4/c27-20(16-6-2-1-3-7-16)24-12-9-15(10-13-24)14-22-19-18(26(29)30)21(28)25-11-5-4-8-17(25)23-19/h1-8,11,15,22H,9-10,12-14H2. The van der Waals surface area contributed by atoms with E-state index in [1.807, 2.05) is 23.1 Å². The number of nitro groups is 1. The molecule has 1 fully saturated rings. The van der Waals surface area contributed by atoms with Gasteiger partial charge in [0.25, 0.3) is 5.91 Å². The lowest BCUT2D eigenvalue weighted by Gasteiger charge is -2.32. The number of rotatable bonds is 5. The summed E-state index contributed by atoms with van der Waals surface area (Å²) in [6.07, 6.45) is 3.00. The number of fused-ring (bicyclic) bond motifs is 1. The maximum absolute atomic E-state index is 12.6. The fourth-order valence-electron chi connectivity index (χ4n) is 3.71. The van der Waals surface area contributed by atoms with E-state index in [2.05, 4.69) is 10.3 Å². The van der Waals surface area contributed by atoms with Crippen LogP contribution in [0.15, 0.2) is 59.5 Å². The average Bonchev–Trinajstić information content (AvgIpc) is 2.78. The fraction of sp³-hybridized carbons (Fsp3) is 0.286. The summed E-state index contributed by atoms with van der Waals surface area (Å²) in [4.78, 5) is 41.9. The number of carbonyl (C=O) groups excluding carboxylic acids is 1. The number of carbonyl (C=O) groups is 1. The Kier molecular flexibility index (Phi) is 5.42. The molecule has 0 atom stereocenters. The van der Waals surface area contributed by atoms with E-state index >= 15 is 0 Å². The number of aromatic nitrogens is 2. The number of likely N-dealkylation sites (tertiary alicyclic amines) is 1. The second-order valence-electron chi connectivity index (χ2n) is 7.28. The smallest absolute Gasteiger partial charge is 0.364 e. The normalized spacial score (nSPS) is 14.6. The van der Waals surface area contributed by atoms with Crippen molar-refractivity contribution < 1.29 is 9.72 Å². The molecule has 0 bridgehead atoms. The summed E-state index contributed by atoms with van der Waals surface area (Å²) in [5.74, 6) is 0.223. The van der Waals surface area contributed by atoms with Gasteiger partial charge in [-0.2, -0.15) is 0 Å². The third-order valence-corrected chi connectivity index (χ3v) is 5.37. The maximum atomic E-state index is 12.6. The van der Waals surface area contributed by atoms with Crippen LogP contribution in [0.1, 0.15) is 23.2 Å². The van der Waals surface area contributed by atoms with Gasteiger partial charge in [0.15, 0.2) is 0 Å². The summed E-state index contributed by atoms with van der Waals surface area (Å²) in [7, 11) is 0. The van der Waals surface area contributed by atoms with Gasteiger partial charge in [0.1, 0.15) is 5.65 Å². The Morgan fingerprint density at radius 3 is 2.53 bits per heavy atom. The Labute approximate surface area is 172 Å². The van der Waals surface area contributed by atoms with Crippen molar-refractivity contribution >= 4 is 23.1 Å². The molecule has 0 saturated carbocycles. The van der Waals surface area contributed by atoms with Gasteiger partial charge in [0.05, 0.1) is 4.92 Å². The Hall–Kier alpha value is -3.75. The molecular weight excluding hydrogens is 386 g/mol. The minimum Gasteiger partial charge on any atom is -0.364 e. The molecule has 154 valence electrons. The van der Waals surface area contributed by atoms with E-state index in [1.54, 1.807) is 30.3 Å². The number of nitrogens with zero attached hydrogens (tertiary/aromatic N) is 4. The zero-order chi connectivity index (χ0) is 21.1. The molecule has 4 rings (SSSR count). The molecule has 0 aliphatic carbocycles. The molecule has 0 radical (unpaired) electrons. The maximum Gasteiger partial charge on any atom is 0.376 e. The summed E-state index contributed by atoms with van der Waals surface area (Å²) in [5.41, 5.74) is -0.254. The molecule has 9 heteroatoms. The van der Waals surface area contributed by atoms with Crippen LogP contribution < -0.4 is 10.9 Å². The van der Waals surface area contributed by atoms with Crippen LogP contribution in [0.2, 0.25) is 0 Å². The highest BCUT2D eigenvalue weighted by atomic mass is 16.6. The molecular formula is C21H21N5O4. The molecule has 3 heterocycles. The van der Waals surface area contributed by atoms with Crippen molar-refractivity contribution in [2.75, 3.05) is 25.0 Å². The molecule has 0 unspecified atom stereocenters. The van der Waals surface area contributed by atoms with Crippen LogP contribution in [-0.2, 0) is 0 Å². The number of hydrogen-bond donors (Lipinski definition) is 1. The van der Waals surface area contributed by atoms with Gasteiger partial charge in [-0.05, 0) is 43.0 Å². The highest BCUT2D eigenvalue weighted by Gasteiger charge is 2.26. The second kappa shape index (κ2) is 8.32. The number of pyridine rings is 1. The first kappa shape index (κ1) is 19.6. The van der Waals surface area contributed by atoms with Gasteiger partial charge in [0, 0.05) is 31.4 Å². The second-order valence-corrected chi connectivity index (χ2v) is 7.28. The van der Waals surface area contributed by atoms with Gasteiger partial charge >= 0.3 is 11.2 Å². The Bertz CT molecular complexity index is 1140. The lowest BCUT2D eigenvalue weighted by Crippen LogP contribution is -2.40. The minimum atomic E-state index is -0.712. The number of amides is 1. The molecule has 1 aliphatic rings. The monoisotopic (exact) mass is 407 g/mol. The number of benzene rings is 1. The predicted molar refractivity (Wildman–Crippen MR) is 112 cm³/mol. The third-order valence-electron chi connectivity index (χ3n) is 5.37. The Morgan fingerprint density at radius 1 is 1.13 bits per heavy atom. The lowest BCUT2D eigenvalue weighted by molar-refractivity contribution is -0.385. The highest BCUT2D eigenvalue weighted by Crippen LogP contribution is 2.22. The van der Waals surface area contributed by atoms with E-state index in [0.29, 0.717) is 30.8 Å². The van der Waals surface area contributed by atoms with Crippen molar-refractivity contribution in [3.63, 3.8) is 0 Å². The van der Waals surface area contributed by atoms with Crippen LogP contribution >= 0.6 is 0 Å². The van der Waals surface area contributed by atoms with E-state index in [-0.39, 0.29) is 17.6 Å². The van der Waals surface area contributed by atoms with Gasteiger partial charge < -0.3 is 10.2 Å². The van der Waals surface area contributed by atoms with Gasteiger partial charge in [-0.25, -0.2) is 4.98 Å². The fourth-order valence-corrected chi connectivity index (χ4v) is 3.71. The van der Waals surface area contributed by atoms with E-state index in [9.17, 15) is 19.7 Å². The SMILES string of the molecule is O=C(c1ccccc1)N1CCC(CNc2nc3ccccn3c(=O)c2[N+](=O)[O-])CC1. The van der Waals surface area contributed by atoms with Gasteiger partial charge in [-0.3, -0.25) is 24.1 Å². The van der Waals surface area contributed by atoms with Crippen molar-refractivity contribution in [3.8, 4) is 0 Å². The summed E-state index contributed by atoms with van der Waals surface area (Å²) in [6, 6.07) is 14.1. The molecule has 1 amide bonds. The topological polar surface area (TPSA) is 110 Å². The van der Waals surface area contributed by atoms with Crippen molar-refractivity contribution in [3.05, 3.63) is 80.8 Å². The van der Waals surface area contributed by atoms with E-state index < -0.39 is 16.2 Å². The summed E-state index contributed by atoms with van der Waals surface area (Å²) in [5, 5.41) is 14.5. The number of nitrogens with one attached hydrogen (secondary N) is 1. The first-order valence-corrected chi connectivity index (χ1v) is 9.78. The number of anilines is 1. The van der Waals surface area contributed by atoms with Crippen LogP contribution in [0.5, 0.6) is 0 Å². The lowest BCUT2D eigenvalue weighted by atomic mass is 9.96. The average molecular weight is 407 g/mol. The van der Waals surface area contributed by atoms with Crippen molar-refractivity contribution in [1.29, 1.82) is 0 Å². The molecule has 1 saturated heterocycles. The number of hydrogen-bond acceptors (Lipinski definition) is 6. The Balaban J connectivity index is 1.43. The van der Waals surface area contributed by atoms with Gasteiger partial charge in [-0.1, -0.05) is 24.3 Å². The molecule has 3 aromatic rings. The predicted octanol–water partition coefficient (Wildman–Crippen LogP) is 2.57. The van der Waals surface area contributed by atoms with Crippen LogP contribution in [-0.4, -0.2) is 44.7 Å². The summed E-state index contributed by atoms with van der Waals surface area (Å²) >= 11 is 0. The molecule has 9 nitrogen and oxygen atoms in total. The van der Waals surface area contributed by atoms with Gasteiger partial charge in [0.2, 0.25) is 5.82 Å². The highest BCUT2D eigenvalue weighted by molar-refractivity contribution is 5.94. The molecule has 0 spiro atoms. The zero-order valence-electron chi connectivity index (χ0n) is 16.2. The molecule has 1 aromatic carbocycles. The molecule has 2 aromatic heterocycles. The summed E-state index contributed by atoms with van der Waals surface area (Å²) < 4.78 is 1.16. The number of piperidine rings is 1. The quantitative estimate of drug-likeness (QED) is 0.514. The van der Waals surface area contributed by atoms with Crippen LogP contribution in [0.3, 0.4) is 0 Å². The van der Waals surface area contributed by atoms with Crippen LogP contribution in [0.4, 0.5) is 11.5 Å². The van der Waals surface area contributed by atoms with Crippen molar-refractivity contribution in [2.24, 2.45) is 5.92 Å². The molecule has 1 aliphatic heterocycles. The van der Waals surface area contributed by atoms with Crippen LogP contribution in [0.25, 0.3) is 5.65 Å². The van der Waals surface area contributed by atoms with E-state index in [1.165, 1.54) is 6.20 Å². The van der Waals surface area contributed by atoms with Crippen molar-refractivity contribution in [2.45, 2.75) is 12.8 Å². The minimum absolute atomic E-state index is 0.0148.